The lowest BCUT2D eigenvalue weighted by atomic mass is 10.1. The van der Waals surface area contributed by atoms with Gasteiger partial charge in [-0.05, 0) is 45.2 Å². The molecule has 1 heterocycles. The molecule has 0 aromatic heterocycles. The van der Waals surface area contributed by atoms with Crippen LogP contribution < -0.4 is 20.1 Å². The van der Waals surface area contributed by atoms with Crippen molar-refractivity contribution in [3.05, 3.63) is 30.1 Å². The SMILES string of the molecule is CCNC(=NCC(C)Oc1ccccc1F)NCCS(=O)(=O)NCC1CCCCO1. The van der Waals surface area contributed by atoms with Crippen molar-refractivity contribution in [2.45, 2.75) is 45.3 Å². The van der Waals surface area contributed by atoms with Crippen molar-refractivity contribution in [1.29, 1.82) is 0 Å². The first-order chi connectivity index (χ1) is 14.4. The van der Waals surface area contributed by atoms with E-state index < -0.39 is 15.8 Å². The number of aliphatic imine (C=N–C) groups is 1. The van der Waals surface area contributed by atoms with Gasteiger partial charge in [0.2, 0.25) is 10.0 Å². The summed E-state index contributed by atoms with van der Waals surface area (Å²) in [6.07, 6.45) is 2.58. The van der Waals surface area contributed by atoms with E-state index >= 15 is 0 Å². The van der Waals surface area contributed by atoms with Crippen LogP contribution in [0.5, 0.6) is 5.75 Å². The summed E-state index contributed by atoms with van der Waals surface area (Å²) < 4.78 is 51.8. The molecule has 1 aliphatic rings. The molecule has 1 fully saturated rings. The van der Waals surface area contributed by atoms with Gasteiger partial charge in [-0.15, -0.1) is 0 Å². The Labute approximate surface area is 178 Å². The highest BCUT2D eigenvalue weighted by atomic mass is 32.2. The average molecular weight is 445 g/mol. The third-order valence-electron chi connectivity index (χ3n) is 4.48. The molecule has 30 heavy (non-hydrogen) atoms. The lowest BCUT2D eigenvalue weighted by Gasteiger charge is -2.22. The second-order valence-electron chi connectivity index (χ2n) is 7.16. The number of rotatable bonds is 11. The summed E-state index contributed by atoms with van der Waals surface area (Å²) in [4.78, 5) is 4.39. The molecular weight excluding hydrogens is 411 g/mol. The molecule has 2 atom stereocenters. The molecule has 0 saturated carbocycles. The van der Waals surface area contributed by atoms with Gasteiger partial charge in [0.15, 0.2) is 17.5 Å². The summed E-state index contributed by atoms with van der Waals surface area (Å²) in [7, 11) is -3.41. The molecule has 2 unspecified atom stereocenters. The van der Waals surface area contributed by atoms with E-state index in [-0.39, 0.29) is 36.8 Å². The van der Waals surface area contributed by atoms with Crippen molar-refractivity contribution in [3.8, 4) is 5.75 Å². The Morgan fingerprint density at radius 1 is 1.33 bits per heavy atom. The molecule has 0 amide bonds. The van der Waals surface area contributed by atoms with E-state index in [0.717, 1.165) is 19.3 Å². The summed E-state index contributed by atoms with van der Waals surface area (Å²) in [5.41, 5.74) is 0. The van der Waals surface area contributed by atoms with Gasteiger partial charge in [-0.25, -0.2) is 22.5 Å². The van der Waals surface area contributed by atoms with Crippen LogP contribution in [0.4, 0.5) is 4.39 Å². The van der Waals surface area contributed by atoms with Crippen LogP contribution in [0.1, 0.15) is 33.1 Å². The number of halogens is 1. The largest absolute Gasteiger partial charge is 0.486 e. The fourth-order valence-corrected chi connectivity index (χ4v) is 3.88. The Hall–Kier alpha value is -1.91. The van der Waals surface area contributed by atoms with Crippen molar-refractivity contribution in [2.24, 2.45) is 4.99 Å². The van der Waals surface area contributed by atoms with E-state index in [9.17, 15) is 12.8 Å². The number of hydrogen-bond donors (Lipinski definition) is 3. The summed E-state index contributed by atoms with van der Waals surface area (Å²) >= 11 is 0. The van der Waals surface area contributed by atoms with Gasteiger partial charge in [0, 0.05) is 26.2 Å². The van der Waals surface area contributed by atoms with Gasteiger partial charge in [0.1, 0.15) is 6.10 Å². The van der Waals surface area contributed by atoms with Crippen molar-refractivity contribution < 1.29 is 22.3 Å². The minimum Gasteiger partial charge on any atom is -0.486 e. The first kappa shape index (κ1) is 24.4. The topological polar surface area (TPSA) is 101 Å². The van der Waals surface area contributed by atoms with Crippen molar-refractivity contribution in [1.82, 2.24) is 15.4 Å². The number of nitrogens with zero attached hydrogens (tertiary/aromatic N) is 1. The van der Waals surface area contributed by atoms with Crippen LogP contribution in [0.2, 0.25) is 0 Å². The molecule has 0 bridgehead atoms. The normalized spacial score (nSPS) is 18.6. The van der Waals surface area contributed by atoms with Gasteiger partial charge in [-0.1, -0.05) is 12.1 Å². The Morgan fingerprint density at radius 3 is 2.83 bits per heavy atom. The molecule has 0 radical (unpaired) electrons. The van der Waals surface area contributed by atoms with E-state index in [1.165, 1.54) is 6.07 Å². The first-order valence-electron chi connectivity index (χ1n) is 10.4. The molecular formula is C20H33FN4O4S. The molecule has 8 nitrogen and oxygen atoms in total. The van der Waals surface area contributed by atoms with Gasteiger partial charge in [-0.3, -0.25) is 0 Å². The van der Waals surface area contributed by atoms with Gasteiger partial charge in [0.25, 0.3) is 0 Å². The third-order valence-corrected chi connectivity index (χ3v) is 5.83. The smallest absolute Gasteiger partial charge is 0.213 e. The van der Waals surface area contributed by atoms with Crippen molar-refractivity contribution in [3.63, 3.8) is 0 Å². The molecule has 1 aromatic carbocycles. The standard InChI is InChI=1S/C20H33FN4O4S/c1-3-22-20(24-14-16(2)29-19-10-5-4-9-18(19)21)23-11-13-30(26,27)25-15-17-8-6-7-12-28-17/h4-5,9-10,16-17,25H,3,6-8,11-15H2,1-2H3,(H2,22,23,24). The second-order valence-corrected chi connectivity index (χ2v) is 9.09. The molecule has 170 valence electrons. The Morgan fingerprint density at radius 2 is 2.13 bits per heavy atom. The lowest BCUT2D eigenvalue weighted by Crippen LogP contribution is -2.43. The van der Waals surface area contributed by atoms with Gasteiger partial charge < -0.3 is 20.1 Å². The van der Waals surface area contributed by atoms with E-state index in [0.29, 0.717) is 25.7 Å². The van der Waals surface area contributed by atoms with E-state index in [2.05, 4.69) is 20.3 Å². The molecule has 0 spiro atoms. The van der Waals surface area contributed by atoms with E-state index in [4.69, 9.17) is 9.47 Å². The van der Waals surface area contributed by atoms with Crippen molar-refractivity contribution >= 4 is 16.0 Å². The fraction of sp³-hybridized carbons (Fsp3) is 0.650. The monoisotopic (exact) mass is 444 g/mol. The van der Waals surface area contributed by atoms with Crippen LogP contribution in [-0.4, -0.2) is 65.1 Å². The average Bonchev–Trinajstić information content (AvgIpc) is 2.73. The predicted molar refractivity (Wildman–Crippen MR) is 116 cm³/mol. The Kier molecular flexibility index (Phi) is 10.3. The van der Waals surface area contributed by atoms with E-state index in [1.54, 1.807) is 25.1 Å². The highest BCUT2D eigenvalue weighted by Gasteiger charge is 2.17. The molecule has 1 aromatic rings. The zero-order valence-electron chi connectivity index (χ0n) is 17.7. The van der Waals surface area contributed by atoms with Crippen molar-refractivity contribution in [2.75, 3.05) is 38.5 Å². The zero-order chi connectivity index (χ0) is 21.8. The van der Waals surface area contributed by atoms with Crippen LogP contribution in [0.25, 0.3) is 0 Å². The fourth-order valence-electron chi connectivity index (χ4n) is 2.92. The predicted octanol–water partition coefficient (Wildman–Crippen LogP) is 1.64. The maximum Gasteiger partial charge on any atom is 0.213 e. The van der Waals surface area contributed by atoms with Crippen LogP contribution in [0.3, 0.4) is 0 Å². The first-order valence-corrected chi connectivity index (χ1v) is 12.1. The zero-order valence-corrected chi connectivity index (χ0v) is 18.5. The van der Waals surface area contributed by atoms with Gasteiger partial charge in [-0.2, -0.15) is 0 Å². The maximum absolute atomic E-state index is 13.7. The Bertz CT molecular complexity index is 770. The summed E-state index contributed by atoms with van der Waals surface area (Å²) in [6, 6.07) is 6.21. The molecule has 1 aliphatic heterocycles. The number of para-hydroxylation sites is 1. The maximum atomic E-state index is 13.7. The number of benzene rings is 1. The number of guanidine groups is 1. The minimum absolute atomic E-state index is 0.0451. The highest BCUT2D eigenvalue weighted by molar-refractivity contribution is 7.89. The summed E-state index contributed by atoms with van der Waals surface area (Å²) in [5.74, 6) is 0.157. The molecule has 1 saturated heterocycles. The third kappa shape index (κ3) is 9.27. The van der Waals surface area contributed by atoms with Crippen LogP contribution in [0.15, 0.2) is 29.3 Å². The van der Waals surface area contributed by atoms with E-state index in [1.807, 2.05) is 6.92 Å². The van der Waals surface area contributed by atoms with Crippen LogP contribution in [-0.2, 0) is 14.8 Å². The molecule has 2 rings (SSSR count). The number of hydrogen-bond acceptors (Lipinski definition) is 5. The van der Waals surface area contributed by atoms with Crippen LogP contribution in [0, 0.1) is 5.82 Å². The minimum atomic E-state index is -3.41. The number of ether oxygens (including phenoxy) is 2. The van der Waals surface area contributed by atoms with Crippen LogP contribution >= 0.6 is 0 Å². The number of sulfonamides is 1. The van der Waals surface area contributed by atoms with Gasteiger partial charge >= 0.3 is 0 Å². The quantitative estimate of drug-likeness (QED) is 0.354. The molecule has 0 aliphatic carbocycles. The Balaban J connectivity index is 1.76. The second kappa shape index (κ2) is 12.7. The summed E-state index contributed by atoms with van der Waals surface area (Å²) in [5, 5.41) is 6.06. The van der Waals surface area contributed by atoms with Gasteiger partial charge in [0.05, 0.1) is 18.4 Å². The molecule has 10 heteroatoms. The molecule has 3 N–H and O–H groups in total. The number of nitrogens with one attached hydrogen (secondary N) is 3. The highest BCUT2D eigenvalue weighted by Crippen LogP contribution is 2.17. The lowest BCUT2D eigenvalue weighted by molar-refractivity contribution is 0.0200. The summed E-state index contributed by atoms with van der Waals surface area (Å²) in [6.45, 7) is 5.82.